The Labute approximate surface area is 147 Å². The summed E-state index contributed by atoms with van der Waals surface area (Å²) in [6.45, 7) is 1.77. The Bertz CT molecular complexity index is 935. The van der Waals surface area contributed by atoms with Gasteiger partial charge in [0, 0.05) is 16.1 Å². The third-order valence-electron chi connectivity index (χ3n) is 3.53. The maximum atomic E-state index is 13.0. The van der Waals surface area contributed by atoms with Gasteiger partial charge in [-0.25, -0.2) is 0 Å². The van der Waals surface area contributed by atoms with Gasteiger partial charge in [0.2, 0.25) is 0 Å². The predicted molar refractivity (Wildman–Crippen MR) is 94.2 cm³/mol. The number of rotatable bonds is 3. The summed E-state index contributed by atoms with van der Waals surface area (Å²) >= 11 is 5.82. The van der Waals surface area contributed by atoms with E-state index in [9.17, 15) is 13.2 Å². The molecular formula is C18H13ClF3N3. The number of alkyl halides is 3. The lowest BCUT2D eigenvalue weighted by Gasteiger charge is -2.11. The second kappa shape index (κ2) is 6.72. The van der Waals surface area contributed by atoms with Crippen molar-refractivity contribution in [1.29, 1.82) is 0 Å². The number of hydrazone groups is 1. The largest absolute Gasteiger partial charge is 0.416 e. The second-order valence-corrected chi connectivity index (χ2v) is 5.90. The van der Waals surface area contributed by atoms with Gasteiger partial charge in [0.15, 0.2) is 0 Å². The minimum Gasteiger partial charge on any atom is -0.278 e. The van der Waals surface area contributed by atoms with Crippen LogP contribution in [0.15, 0.2) is 53.6 Å². The molecule has 0 unspecified atom stereocenters. The molecule has 0 saturated carbocycles. The molecule has 128 valence electrons. The van der Waals surface area contributed by atoms with Crippen LogP contribution in [0.2, 0.25) is 5.02 Å². The Morgan fingerprint density at radius 3 is 2.48 bits per heavy atom. The highest BCUT2D eigenvalue weighted by Gasteiger charge is 2.30. The molecule has 25 heavy (non-hydrogen) atoms. The van der Waals surface area contributed by atoms with Gasteiger partial charge < -0.3 is 0 Å². The van der Waals surface area contributed by atoms with Crippen LogP contribution in [0.3, 0.4) is 0 Å². The summed E-state index contributed by atoms with van der Waals surface area (Å²) in [5, 5.41) is 5.06. The molecule has 0 aliphatic rings. The molecule has 0 fully saturated rings. The molecule has 3 nitrogen and oxygen atoms in total. The van der Waals surface area contributed by atoms with E-state index in [1.54, 1.807) is 43.5 Å². The Morgan fingerprint density at radius 1 is 1.08 bits per heavy atom. The van der Waals surface area contributed by atoms with E-state index < -0.39 is 11.7 Å². The molecule has 1 heterocycles. The monoisotopic (exact) mass is 363 g/mol. The van der Waals surface area contributed by atoms with E-state index in [0.717, 1.165) is 17.7 Å². The number of nitrogens with one attached hydrogen (secondary N) is 1. The van der Waals surface area contributed by atoms with Gasteiger partial charge in [-0.3, -0.25) is 10.4 Å². The van der Waals surface area contributed by atoms with Crippen LogP contribution in [0.4, 0.5) is 18.9 Å². The van der Waals surface area contributed by atoms with Gasteiger partial charge in [0.05, 0.1) is 23.0 Å². The smallest absolute Gasteiger partial charge is 0.278 e. The fourth-order valence-electron chi connectivity index (χ4n) is 2.35. The summed E-state index contributed by atoms with van der Waals surface area (Å²) in [6, 6.07) is 12.1. The highest BCUT2D eigenvalue weighted by Crippen LogP contribution is 2.33. The first kappa shape index (κ1) is 17.2. The van der Waals surface area contributed by atoms with E-state index in [0.29, 0.717) is 27.3 Å². The van der Waals surface area contributed by atoms with E-state index >= 15 is 0 Å². The molecule has 0 radical (unpaired) electrons. The number of pyridine rings is 1. The molecule has 0 spiro atoms. The number of aryl methyl sites for hydroxylation is 1. The highest BCUT2D eigenvalue weighted by atomic mass is 35.5. The predicted octanol–water partition coefficient (Wildman–Crippen LogP) is 5.66. The molecule has 1 aromatic heterocycles. The van der Waals surface area contributed by atoms with Crippen LogP contribution in [0, 0.1) is 6.92 Å². The Hall–Kier alpha value is -2.60. The Balaban J connectivity index is 1.95. The maximum absolute atomic E-state index is 13.0. The van der Waals surface area contributed by atoms with Crippen molar-refractivity contribution in [3.05, 3.63) is 70.4 Å². The Kier molecular flexibility index (Phi) is 4.63. The van der Waals surface area contributed by atoms with Crippen molar-refractivity contribution in [3.63, 3.8) is 0 Å². The van der Waals surface area contributed by atoms with E-state index in [-0.39, 0.29) is 0 Å². The van der Waals surface area contributed by atoms with Gasteiger partial charge in [-0.05, 0) is 48.9 Å². The van der Waals surface area contributed by atoms with Crippen molar-refractivity contribution in [3.8, 4) is 0 Å². The summed E-state index contributed by atoms with van der Waals surface area (Å²) in [4.78, 5) is 4.26. The quantitative estimate of drug-likeness (QED) is 0.481. The standard InChI is InChI=1S/C18H13ClF3N3/c1-11-8-17(25-23-10-12-2-5-14(19)6-3-12)15-9-13(18(20,21)22)4-7-16(15)24-11/h2-10H,1H3,(H,24,25)/b23-10+. The molecule has 0 saturated heterocycles. The number of hydrogen-bond acceptors (Lipinski definition) is 3. The first-order valence-electron chi connectivity index (χ1n) is 7.36. The van der Waals surface area contributed by atoms with Gasteiger partial charge in [-0.2, -0.15) is 18.3 Å². The lowest BCUT2D eigenvalue weighted by molar-refractivity contribution is -0.137. The molecule has 0 aliphatic heterocycles. The SMILES string of the molecule is Cc1cc(N/N=C/c2ccc(Cl)cc2)c2cc(C(F)(F)F)ccc2n1. The maximum Gasteiger partial charge on any atom is 0.416 e. The van der Waals surface area contributed by atoms with Crippen molar-refractivity contribution < 1.29 is 13.2 Å². The fraction of sp³-hybridized carbons (Fsp3) is 0.111. The van der Waals surface area contributed by atoms with Gasteiger partial charge in [0.25, 0.3) is 0 Å². The minimum absolute atomic E-state index is 0.355. The third kappa shape index (κ3) is 4.09. The molecule has 1 N–H and O–H groups in total. The van der Waals surface area contributed by atoms with Crippen LogP contribution < -0.4 is 5.43 Å². The normalized spacial score (nSPS) is 12.0. The third-order valence-corrected chi connectivity index (χ3v) is 3.78. The summed E-state index contributed by atoms with van der Waals surface area (Å²) < 4.78 is 38.9. The zero-order valence-corrected chi connectivity index (χ0v) is 13.9. The summed E-state index contributed by atoms with van der Waals surface area (Å²) in [6.07, 6.45) is -2.85. The van der Waals surface area contributed by atoms with E-state index in [4.69, 9.17) is 11.6 Å². The number of nitrogens with zero attached hydrogens (tertiary/aromatic N) is 2. The van der Waals surface area contributed by atoms with Crippen LogP contribution in [-0.4, -0.2) is 11.2 Å². The first-order valence-corrected chi connectivity index (χ1v) is 7.74. The lowest BCUT2D eigenvalue weighted by Crippen LogP contribution is -2.05. The van der Waals surface area contributed by atoms with E-state index in [2.05, 4.69) is 15.5 Å². The van der Waals surface area contributed by atoms with Crippen LogP contribution in [0.25, 0.3) is 10.9 Å². The van der Waals surface area contributed by atoms with E-state index in [1.807, 2.05) is 0 Å². The molecule has 3 rings (SSSR count). The average molecular weight is 364 g/mol. The fourth-order valence-corrected chi connectivity index (χ4v) is 2.48. The Morgan fingerprint density at radius 2 is 1.80 bits per heavy atom. The van der Waals surface area contributed by atoms with Gasteiger partial charge in [-0.15, -0.1) is 0 Å². The van der Waals surface area contributed by atoms with Crippen molar-refractivity contribution in [1.82, 2.24) is 4.98 Å². The van der Waals surface area contributed by atoms with Crippen molar-refractivity contribution in [2.75, 3.05) is 5.43 Å². The first-order chi connectivity index (χ1) is 11.8. The number of hydrogen-bond donors (Lipinski definition) is 1. The zero-order chi connectivity index (χ0) is 18.0. The summed E-state index contributed by atoms with van der Waals surface area (Å²) in [5.41, 5.74) is 4.49. The van der Waals surface area contributed by atoms with Gasteiger partial charge in [-0.1, -0.05) is 23.7 Å². The molecule has 0 bridgehead atoms. The van der Waals surface area contributed by atoms with Gasteiger partial charge >= 0.3 is 6.18 Å². The number of aromatic nitrogens is 1. The van der Waals surface area contributed by atoms with Crippen molar-refractivity contribution in [2.45, 2.75) is 13.1 Å². The molecular weight excluding hydrogens is 351 g/mol. The highest BCUT2D eigenvalue weighted by molar-refractivity contribution is 6.30. The van der Waals surface area contributed by atoms with Crippen LogP contribution in [0.5, 0.6) is 0 Å². The number of halogens is 4. The van der Waals surface area contributed by atoms with Gasteiger partial charge in [0.1, 0.15) is 0 Å². The molecule has 7 heteroatoms. The molecule has 0 amide bonds. The van der Waals surface area contributed by atoms with E-state index in [1.165, 1.54) is 6.07 Å². The minimum atomic E-state index is -4.41. The molecule has 0 aliphatic carbocycles. The summed E-state index contributed by atoms with van der Waals surface area (Å²) in [7, 11) is 0. The van der Waals surface area contributed by atoms with Crippen LogP contribution >= 0.6 is 11.6 Å². The lowest BCUT2D eigenvalue weighted by atomic mass is 10.1. The summed E-state index contributed by atoms with van der Waals surface area (Å²) in [5.74, 6) is 0. The zero-order valence-electron chi connectivity index (χ0n) is 13.1. The number of anilines is 1. The van der Waals surface area contributed by atoms with Crippen LogP contribution in [-0.2, 0) is 6.18 Å². The number of benzene rings is 2. The molecule has 2 aromatic carbocycles. The molecule has 3 aromatic rings. The second-order valence-electron chi connectivity index (χ2n) is 5.46. The topological polar surface area (TPSA) is 37.3 Å². The van der Waals surface area contributed by atoms with Crippen molar-refractivity contribution in [2.24, 2.45) is 5.10 Å². The van der Waals surface area contributed by atoms with Crippen LogP contribution in [0.1, 0.15) is 16.8 Å². The van der Waals surface area contributed by atoms with Crippen molar-refractivity contribution >= 4 is 34.4 Å². The molecule has 0 atom stereocenters. The average Bonchev–Trinajstić information content (AvgIpc) is 2.55. The number of fused-ring (bicyclic) bond motifs is 1.